The Bertz CT molecular complexity index is 297. The van der Waals surface area contributed by atoms with Crippen molar-refractivity contribution in [2.45, 2.75) is 11.3 Å². The molecule has 1 aromatic carbocycles. The van der Waals surface area contributed by atoms with Gasteiger partial charge in [-0.05, 0) is 11.8 Å². The molecule has 0 spiro atoms. The Labute approximate surface area is 88.8 Å². The molecule has 1 aromatic rings. The van der Waals surface area contributed by atoms with Crippen LogP contribution in [0.25, 0.3) is 0 Å². The highest BCUT2D eigenvalue weighted by atomic mass is 32.2. The summed E-state index contributed by atoms with van der Waals surface area (Å²) in [5, 5.41) is 6.62. The summed E-state index contributed by atoms with van der Waals surface area (Å²) in [4.78, 5) is 0. The van der Waals surface area contributed by atoms with Crippen LogP contribution in [0.3, 0.4) is 0 Å². The van der Waals surface area contributed by atoms with Crippen LogP contribution in [0.4, 0.5) is 0 Å². The molecular weight excluding hydrogens is 192 g/mol. The fourth-order valence-corrected chi connectivity index (χ4v) is 2.25. The normalized spacial score (nSPS) is 20.4. The van der Waals surface area contributed by atoms with E-state index in [4.69, 9.17) is 0 Å². The van der Waals surface area contributed by atoms with E-state index in [1.54, 1.807) is 0 Å². The third-order valence-corrected chi connectivity index (χ3v) is 3.18. The van der Waals surface area contributed by atoms with Gasteiger partial charge in [-0.3, -0.25) is 5.32 Å². The highest BCUT2D eigenvalue weighted by Crippen LogP contribution is 2.15. The molecule has 1 heterocycles. The SMILES string of the molecule is C1=CNC(SCc2ccccc2)NC1. The molecule has 0 saturated carbocycles. The molecule has 74 valence electrons. The van der Waals surface area contributed by atoms with E-state index in [0.717, 1.165) is 12.3 Å². The van der Waals surface area contributed by atoms with Crippen LogP contribution < -0.4 is 10.6 Å². The number of rotatable bonds is 3. The Balaban J connectivity index is 1.80. The van der Waals surface area contributed by atoms with Crippen LogP contribution in [0.5, 0.6) is 0 Å². The Morgan fingerprint density at radius 2 is 2.14 bits per heavy atom. The van der Waals surface area contributed by atoms with Gasteiger partial charge in [0.2, 0.25) is 0 Å². The topological polar surface area (TPSA) is 24.1 Å². The first kappa shape index (κ1) is 9.62. The van der Waals surface area contributed by atoms with Crippen molar-refractivity contribution in [1.82, 2.24) is 10.6 Å². The van der Waals surface area contributed by atoms with Crippen molar-refractivity contribution in [2.24, 2.45) is 0 Å². The molecule has 0 aromatic heterocycles. The van der Waals surface area contributed by atoms with Gasteiger partial charge >= 0.3 is 0 Å². The molecule has 14 heavy (non-hydrogen) atoms. The summed E-state index contributed by atoms with van der Waals surface area (Å²) >= 11 is 1.88. The van der Waals surface area contributed by atoms with Gasteiger partial charge in [-0.25, -0.2) is 0 Å². The van der Waals surface area contributed by atoms with Crippen LogP contribution in [-0.4, -0.2) is 12.0 Å². The number of hydrogen-bond acceptors (Lipinski definition) is 3. The second-order valence-electron chi connectivity index (χ2n) is 3.15. The van der Waals surface area contributed by atoms with Crippen molar-refractivity contribution >= 4 is 11.8 Å². The highest BCUT2D eigenvalue weighted by Gasteiger charge is 2.07. The summed E-state index contributed by atoms with van der Waals surface area (Å²) in [6, 6.07) is 10.5. The minimum absolute atomic E-state index is 0.347. The summed E-state index contributed by atoms with van der Waals surface area (Å²) in [5.41, 5.74) is 1.72. The van der Waals surface area contributed by atoms with E-state index in [9.17, 15) is 0 Å². The van der Waals surface area contributed by atoms with Gasteiger partial charge in [0.05, 0.1) is 0 Å². The van der Waals surface area contributed by atoms with Crippen molar-refractivity contribution in [2.75, 3.05) is 6.54 Å². The molecule has 1 unspecified atom stereocenters. The van der Waals surface area contributed by atoms with Crippen molar-refractivity contribution in [3.63, 3.8) is 0 Å². The maximum absolute atomic E-state index is 3.35. The zero-order valence-electron chi connectivity index (χ0n) is 7.94. The quantitative estimate of drug-likeness (QED) is 0.790. The Hall–Kier alpha value is -0.930. The van der Waals surface area contributed by atoms with Crippen LogP contribution in [0.2, 0.25) is 0 Å². The second kappa shape index (κ2) is 5.08. The van der Waals surface area contributed by atoms with Gasteiger partial charge in [0.1, 0.15) is 5.50 Å². The second-order valence-corrected chi connectivity index (χ2v) is 4.25. The van der Waals surface area contributed by atoms with Gasteiger partial charge in [-0.2, -0.15) is 0 Å². The van der Waals surface area contributed by atoms with Gasteiger partial charge in [-0.15, -0.1) is 11.8 Å². The van der Waals surface area contributed by atoms with E-state index in [2.05, 4.69) is 41.0 Å². The molecule has 2 N–H and O–H groups in total. The fraction of sp³-hybridized carbons (Fsp3) is 0.273. The van der Waals surface area contributed by atoms with Crippen molar-refractivity contribution in [3.05, 3.63) is 48.2 Å². The predicted octanol–water partition coefficient (Wildman–Crippen LogP) is 1.91. The first-order valence-electron chi connectivity index (χ1n) is 4.75. The van der Waals surface area contributed by atoms with Gasteiger partial charge in [-0.1, -0.05) is 36.4 Å². The highest BCUT2D eigenvalue weighted by molar-refractivity contribution is 7.99. The fourth-order valence-electron chi connectivity index (χ4n) is 1.31. The lowest BCUT2D eigenvalue weighted by Gasteiger charge is -2.21. The van der Waals surface area contributed by atoms with Crippen molar-refractivity contribution in [3.8, 4) is 0 Å². The van der Waals surface area contributed by atoms with Crippen LogP contribution in [0, 0.1) is 0 Å². The van der Waals surface area contributed by atoms with Crippen molar-refractivity contribution in [1.29, 1.82) is 0 Å². The Kier molecular flexibility index (Phi) is 3.49. The number of thioether (sulfide) groups is 1. The monoisotopic (exact) mass is 206 g/mol. The van der Waals surface area contributed by atoms with E-state index < -0.39 is 0 Å². The molecule has 0 radical (unpaired) electrons. The molecule has 1 atom stereocenters. The van der Waals surface area contributed by atoms with E-state index >= 15 is 0 Å². The molecule has 3 heteroatoms. The molecule has 2 nitrogen and oxygen atoms in total. The van der Waals surface area contributed by atoms with Crippen molar-refractivity contribution < 1.29 is 0 Å². The molecule has 0 amide bonds. The molecule has 1 aliphatic rings. The summed E-state index contributed by atoms with van der Waals surface area (Å²) in [7, 11) is 0. The standard InChI is InChI=1S/C11H14N2S/c1-2-5-10(6-3-1)9-14-11-12-7-4-8-13-11/h1-7,11-13H,8-9H2. The lowest BCUT2D eigenvalue weighted by atomic mass is 10.2. The first-order valence-corrected chi connectivity index (χ1v) is 5.80. The van der Waals surface area contributed by atoms with Crippen LogP contribution in [0.15, 0.2) is 42.6 Å². The van der Waals surface area contributed by atoms with Crippen LogP contribution >= 0.6 is 11.8 Å². The Morgan fingerprint density at radius 1 is 1.29 bits per heavy atom. The molecule has 2 rings (SSSR count). The third-order valence-electron chi connectivity index (χ3n) is 2.05. The molecule has 1 aliphatic heterocycles. The molecule has 0 fully saturated rings. The van der Waals surface area contributed by atoms with Gasteiger partial charge in [0.25, 0.3) is 0 Å². The molecule has 0 saturated heterocycles. The largest absolute Gasteiger partial charge is 0.368 e. The summed E-state index contributed by atoms with van der Waals surface area (Å²) < 4.78 is 0. The molecular formula is C11H14N2S. The number of hydrogen-bond donors (Lipinski definition) is 2. The van der Waals surface area contributed by atoms with E-state index in [1.807, 2.05) is 24.0 Å². The molecule has 0 aliphatic carbocycles. The average Bonchev–Trinajstić information content (AvgIpc) is 2.29. The lowest BCUT2D eigenvalue weighted by molar-refractivity contribution is 0.621. The minimum atomic E-state index is 0.347. The van der Waals surface area contributed by atoms with E-state index in [0.29, 0.717) is 5.50 Å². The van der Waals surface area contributed by atoms with E-state index in [-0.39, 0.29) is 0 Å². The van der Waals surface area contributed by atoms with Crippen LogP contribution in [-0.2, 0) is 5.75 Å². The van der Waals surface area contributed by atoms with E-state index in [1.165, 1.54) is 5.56 Å². The summed E-state index contributed by atoms with van der Waals surface area (Å²) in [6.45, 7) is 0.958. The van der Waals surface area contributed by atoms with Crippen LogP contribution in [0.1, 0.15) is 5.56 Å². The smallest absolute Gasteiger partial charge is 0.125 e. The summed E-state index contributed by atoms with van der Waals surface area (Å²) in [6.07, 6.45) is 4.10. The number of benzene rings is 1. The molecule has 0 bridgehead atoms. The van der Waals surface area contributed by atoms with Gasteiger partial charge in [0.15, 0.2) is 0 Å². The predicted molar refractivity (Wildman–Crippen MR) is 61.8 cm³/mol. The minimum Gasteiger partial charge on any atom is -0.368 e. The first-order chi connectivity index (χ1) is 6.95. The zero-order chi connectivity index (χ0) is 9.64. The summed E-state index contributed by atoms with van der Waals surface area (Å²) in [5.74, 6) is 1.04. The average molecular weight is 206 g/mol. The lowest BCUT2D eigenvalue weighted by Crippen LogP contribution is -2.39. The Morgan fingerprint density at radius 3 is 2.86 bits per heavy atom. The third kappa shape index (κ3) is 2.79. The maximum Gasteiger partial charge on any atom is 0.125 e. The van der Waals surface area contributed by atoms with Gasteiger partial charge < -0.3 is 5.32 Å². The number of nitrogens with one attached hydrogen (secondary N) is 2. The zero-order valence-corrected chi connectivity index (χ0v) is 8.76. The maximum atomic E-state index is 3.35. The van der Waals surface area contributed by atoms with Gasteiger partial charge in [0, 0.05) is 12.3 Å².